The zero-order valence-corrected chi connectivity index (χ0v) is 2.21. The molecular weight excluding hydrogens is 88.4 g/mol. The number of rotatable bonds is 0. The first-order valence-electron chi connectivity index (χ1n) is 0.218. The molecule has 4 heavy (non-hydrogen) atoms. The molecule has 0 unspecified atom stereocenters. The van der Waals surface area contributed by atoms with Crippen LogP contribution in [0.2, 0.25) is 0 Å². The Balaban J connectivity index is -0.00000000500. The average Bonchev–Trinajstić information content (AvgIpc) is 1.00. The van der Waals surface area contributed by atoms with Gasteiger partial charge in [-0.3, -0.25) is 0 Å². The summed E-state index contributed by atoms with van der Waals surface area (Å²) in [4.78, 5) is 0. The Kier molecular flexibility index (Phi) is 140. The van der Waals surface area contributed by atoms with Crippen molar-refractivity contribution in [2.24, 2.45) is 5.25 Å². The monoisotopic (exact) mass is 93.0 g/mol. The normalized spacial score (nSPS) is 1.50. The van der Waals surface area contributed by atoms with E-state index in [-0.39, 0.29) is 35.0 Å². The maximum absolute atomic E-state index is 4.14. The molecule has 0 bridgehead atoms. The van der Waals surface area contributed by atoms with E-state index >= 15 is 0 Å². The second-order valence-corrected chi connectivity index (χ2v) is 0. The van der Waals surface area contributed by atoms with Crippen molar-refractivity contribution >= 4 is 41.3 Å². The van der Waals surface area contributed by atoms with E-state index < -0.39 is 0 Å². The van der Waals surface area contributed by atoms with Crippen LogP contribution in [0.5, 0.6) is 0 Å². The standard InChI is InChI=1S/ClH2N.Na.H2O.H/c1-2;;;/h2H2;;1H2;. The average molecular weight is 93.5 g/mol. The van der Waals surface area contributed by atoms with Crippen LogP contribution in [-0.4, -0.2) is 35.0 Å². The van der Waals surface area contributed by atoms with Crippen molar-refractivity contribution in [3.05, 3.63) is 0 Å². The van der Waals surface area contributed by atoms with Gasteiger partial charge in [0.15, 0.2) is 0 Å². The predicted octanol–water partition coefficient (Wildman–Crippen LogP) is -1.37. The van der Waals surface area contributed by atoms with Crippen molar-refractivity contribution in [3.8, 4) is 0 Å². The third-order valence-corrected chi connectivity index (χ3v) is 0. The van der Waals surface area contributed by atoms with Gasteiger partial charge in [-0.1, -0.05) is 0 Å². The van der Waals surface area contributed by atoms with Crippen molar-refractivity contribution in [3.63, 3.8) is 0 Å². The van der Waals surface area contributed by atoms with Crippen LogP contribution in [0.4, 0.5) is 0 Å². The van der Waals surface area contributed by atoms with Crippen LogP contribution in [0.1, 0.15) is 0 Å². The fraction of sp³-hybridized carbons (Fsp3) is 0. The molecule has 0 atom stereocenters. The summed E-state index contributed by atoms with van der Waals surface area (Å²) in [7, 11) is 0. The van der Waals surface area contributed by atoms with Crippen molar-refractivity contribution in [2.75, 3.05) is 0 Å². The van der Waals surface area contributed by atoms with Gasteiger partial charge in [0.05, 0.1) is 0 Å². The van der Waals surface area contributed by atoms with Gasteiger partial charge < -0.3 is 5.48 Å². The first-order chi connectivity index (χ1) is 1.00. The van der Waals surface area contributed by atoms with Crippen LogP contribution < -0.4 is 5.25 Å². The molecule has 0 aromatic carbocycles. The minimum absolute atomic E-state index is 0. The van der Waals surface area contributed by atoms with Crippen LogP contribution >= 0.6 is 11.8 Å². The Bertz CT molecular complexity index is 8.00. The van der Waals surface area contributed by atoms with Gasteiger partial charge in [-0.25, -0.2) is 5.25 Å². The molecule has 0 radical (unpaired) electrons. The topological polar surface area (TPSA) is 57.5 Å². The minimum atomic E-state index is 0. The second-order valence-electron chi connectivity index (χ2n) is 0. The Morgan fingerprint density at radius 3 is 1.25 bits per heavy atom. The molecule has 0 rings (SSSR count). The number of halogens is 1. The van der Waals surface area contributed by atoms with E-state index in [0.717, 1.165) is 0 Å². The van der Waals surface area contributed by atoms with Crippen molar-refractivity contribution in [1.82, 2.24) is 0 Å². The van der Waals surface area contributed by atoms with Crippen molar-refractivity contribution < 1.29 is 5.48 Å². The van der Waals surface area contributed by atoms with Gasteiger partial charge in [-0.2, -0.15) is 0 Å². The summed E-state index contributed by atoms with van der Waals surface area (Å²) in [5, 5.41) is 3.97. The molecule has 0 spiro atoms. The summed E-state index contributed by atoms with van der Waals surface area (Å²) in [6.45, 7) is 0. The third kappa shape index (κ3) is 10.7. The maximum atomic E-state index is 4.14. The molecular formula is H5ClNNaO. The van der Waals surface area contributed by atoms with Crippen molar-refractivity contribution in [2.45, 2.75) is 0 Å². The quantitative estimate of drug-likeness (QED) is 0.291. The summed E-state index contributed by atoms with van der Waals surface area (Å²) in [5.41, 5.74) is 0. The van der Waals surface area contributed by atoms with Crippen LogP contribution in [0.15, 0.2) is 0 Å². The molecule has 0 aliphatic rings. The van der Waals surface area contributed by atoms with Gasteiger partial charge in [-0.15, -0.1) is 0 Å². The van der Waals surface area contributed by atoms with Crippen LogP contribution in [0.25, 0.3) is 0 Å². The van der Waals surface area contributed by atoms with Gasteiger partial charge in [0.1, 0.15) is 0 Å². The second kappa shape index (κ2) is 29.6. The van der Waals surface area contributed by atoms with E-state index in [2.05, 4.69) is 17.0 Å². The molecule has 0 amide bonds. The molecule has 4 heteroatoms. The molecule has 2 nitrogen and oxygen atoms in total. The zero-order valence-electron chi connectivity index (χ0n) is 1.46. The van der Waals surface area contributed by atoms with E-state index in [1.165, 1.54) is 0 Å². The summed E-state index contributed by atoms with van der Waals surface area (Å²) >= 11 is 4.14. The van der Waals surface area contributed by atoms with Gasteiger partial charge in [-0.05, 0) is 11.8 Å². The fourth-order valence-corrected chi connectivity index (χ4v) is 0. The van der Waals surface area contributed by atoms with Crippen molar-refractivity contribution in [1.29, 1.82) is 0 Å². The molecule has 0 fully saturated rings. The summed E-state index contributed by atoms with van der Waals surface area (Å²) in [6.07, 6.45) is 0. The number of nitrogens with two attached hydrogens (primary N) is 1. The summed E-state index contributed by atoms with van der Waals surface area (Å²) < 4.78 is 0. The fourth-order valence-electron chi connectivity index (χ4n) is 0. The van der Waals surface area contributed by atoms with Gasteiger partial charge in [0.25, 0.3) is 0 Å². The van der Waals surface area contributed by atoms with Gasteiger partial charge in [0.2, 0.25) is 0 Å². The summed E-state index contributed by atoms with van der Waals surface area (Å²) in [6, 6.07) is 0. The molecule has 0 aromatic heterocycles. The molecule has 0 aromatic rings. The first kappa shape index (κ1) is 18.9. The van der Waals surface area contributed by atoms with E-state index in [0.29, 0.717) is 0 Å². The third-order valence-electron chi connectivity index (χ3n) is 0. The SMILES string of the molecule is NCl.O.[NaH]. The van der Waals surface area contributed by atoms with E-state index in [4.69, 9.17) is 0 Å². The Morgan fingerprint density at radius 1 is 1.25 bits per heavy atom. The van der Waals surface area contributed by atoms with Crippen LogP contribution in [0.3, 0.4) is 0 Å². The molecule has 0 heterocycles. The molecule has 0 saturated carbocycles. The van der Waals surface area contributed by atoms with E-state index in [9.17, 15) is 0 Å². The van der Waals surface area contributed by atoms with Crippen LogP contribution in [0, 0.1) is 0 Å². The molecule has 0 aliphatic carbocycles. The summed E-state index contributed by atoms with van der Waals surface area (Å²) in [5.74, 6) is 0. The molecule has 0 aliphatic heterocycles. The Hall–Kier alpha value is 1.21. The molecule has 0 saturated heterocycles. The predicted molar refractivity (Wildman–Crippen MR) is 20.8 cm³/mol. The van der Waals surface area contributed by atoms with Crippen LogP contribution in [-0.2, 0) is 0 Å². The van der Waals surface area contributed by atoms with Gasteiger partial charge >= 0.3 is 29.6 Å². The Morgan fingerprint density at radius 2 is 1.25 bits per heavy atom. The van der Waals surface area contributed by atoms with Gasteiger partial charge in [0, 0.05) is 0 Å². The molecule has 24 valence electrons. The number of hydrogen-bond acceptors (Lipinski definition) is 1. The van der Waals surface area contributed by atoms with E-state index in [1.807, 2.05) is 0 Å². The first-order valence-corrected chi connectivity index (χ1v) is 0.655. The molecule has 4 N–H and O–H groups in total. The Labute approximate surface area is 52.0 Å². The number of hydrogen-bond donors (Lipinski definition) is 1. The van der Waals surface area contributed by atoms with E-state index in [1.54, 1.807) is 0 Å². The zero-order chi connectivity index (χ0) is 2.00.